The standard InChI is InChI=1S/C23H32N4O5S/c1-17(2)33(30,31)26-13-11-25(12-14-26)21-15-24-27(19-9-7-18(16-28)8-10-19)23(29)22(21)32-20-5-3-4-6-20/h7-10,15,17,20,28H,3-6,11-14,16H2,1-2H3. The normalized spacial score (nSPS) is 18.2. The minimum atomic E-state index is -3.31. The van der Waals surface area contributed by atoms with Crippen molar-refractivity contribution in [3.63, 3.8) is 0 Å². The summed E-state index contributed by atoms with van der Waals surface area (Å²) in [7, 11) is -3.31. The molecule has 0 radical (unpaired) electrons. The Kier molecular flexibility index (Phi) is 7.06. The average Bonchev–Trinajstić information content (AvgIpc) is 3.34. The van der Waals surface area contributed by atoms with Crippen LogP contribution in [-0.4, -0.2) is 65.1 Å². The summed E-state index contributed by atoms with van der Waals surface area (Å²) in [6.07, 6.45) is 5.60. The number of anilines is 1. The molecule has 180 valence electrons. The third kappa shape index (κ3) is 4.92. The molecule has 2 aromatic rings. The Balaban J connectivity index is 1.64. The fourth-order valence-electron chi connectivity index (χ4n) is 4.35. The Labute approximate surface area is 194 Å². The highest BCUT2D eigenvalue weighted by atomic mass is 32.2. The highest BCUT2D eigenvalue weighted by Crippen LogP contribution is 2.30. The summed E-state index contributed by atoms with van der Waals surface area (Å²) in [5.41, 5.74) is 1.61. The molecule has 0 bridgehead atoms. The van der Waals surface area contributed by atoms with Gasteiger partial charge in [0.05, 0.1) is 29.8 Å². The molecule has 1 saturated carbocycles. The van der Waals surface area contributed by atoms with Crippen LogP contribution in [0.4, 0.5) is 5.69 Å². The maximum Gasteiger partial charge on any atom is 0.316 e. The quantitative estimate of drug-likeness (QED) is 0.651. The molecule has 2 fully saturated rings. The summed E-state index contributed by atoms with van der Waals surface area (Å²) in [5, 5.41) is 13.2. The molecule has 1 aromatic heterocycles. The molecule has 2 heterocycles. The Hall–Kier alpha value is -2.43. The van der Waals surface area contributed by atoms with Crippen LogP contribution in [0.1, 0.15) is 45.1 Å². The highest BCUT2D eigenvalue weighted by molar-refractivity contribution is 7.89. The van der Waals surface area contributed by atoms with E-state index in [2.05, 4.69) is 5.10 Å². The zero-order valence-corrected chi connectivity index (χ0v) is 20.0. The van der Waals surface area contributed by atoms with Gasteiger partial charge in [-0.25, -0.2) is 8.42 Å². The average molecular weight is 477 g/mol. The number of benzene rings is 1. The lowest BCUT2D eigenvalue weighted by Gasteiger charge is -2.36. The zero-order valence-electron chi connectivity index (χ0n) is 19.2. The SMILES string of the molecule is CC(C)S(=O)(=O)N1CCN(c2cnn(-c3ccc(CO)cc3)c(=O)c2OC2CCCC2)CC1. The smallest absolute Gasteiger partial charge is 0.316 e. The predicted molar refractivity (Wildman–Crippen MR) is 126 cm³/mol. The van der Waals surface area contributed by atoms with Crippen LogP contribution in [0.3, 0.4) is 0 Å². The van der Waals surface area contributed by atoms with Gasteiger partial charge in [-0.15, -0.1) is 0 Å². The molecule has 1 aromatic carbocycles. The van der Waals surface area contributed by atoms with E-state index in [4.69, 9.17) is 4.74 Å². The van der Waals surface area contributed by atoms with Gasteiger partial charge in [-0.3, -0.25) is 4.79 Å². The molecule has 2 aliphatic rings. The minimum absolute atomic E-state index is 0.00771. The van der Waals surface area contributed by atoms with Gasteiger partial charge in [-0.05, 0) is 57.2 Å². The van der Waals surface area contributed by atoms with E-state index in [-0.39, 0.29) is 24.0 Å². The van der Waals surface area contributed by atoms with E-state index in [0.717, 1.165) is 31.2 Å². The number of rotatable bonds is 7. The van der Waals surface area contributed by atoms with Crippen LogP contribution in [0.25, 0.3) is 5.69 Å². The molecule has 9 nitrogen and oxygen atoms in total. The third-order valence-corrected chi connectivity index (χ3v) is 8.68. The van der Waals surface area contributed by atoms with E-state index < -0.39 is 15.3 Å². The van der Waals surface area contributed by atoms with Crippen LogP contribution < -0.4 is 15.2 Å². The Morgan fingerprint density at radius 1 is 1.09 bits per heavy atom. The number of sulfonamides is 1. The lowest BCUT2D eigenvalue weighted by atomic mass is 10.2. The second-order valence-electron chi connectivity index (χ2n) is 8.90. The first kappa shape index (κ1) is 23.7. The van der Waals surface area contributed by atoms with Crippen molar-refractivity contribution in [2.75, 3.05) is 31.1 Å². The van der Waals surface area contributed by atoms with Gasteiger partial charge in [0.25, 0.3) is 0 Å². The van der Waals surface area contributed by atoms with Crippen LogP contribution in [0.2, 0.25) is 0 Å². The molecule has 10 heteroatoms. The lowest BCUT2D eigenvalue weighted by Crippen LogP contribution is -2.50. The van der Waals surface area contributed by atoms with E-state index >= 15 is 0 Å². The van der Waals surface area contributed by atoms with Gasteiger partial charge >= 0.3 is 5.56 Å². The number of nitrogens with zero attached hydrogens (tertiary/aromatic N) is 4. The first-order valence-electron chi connectivity index (χ1n) is 11.5. The summed E-state index contributed by atoms with van der Waals surface area (Å²) in [6.45, 7) is 4.94. The third-order valence-electron chi connectivity index (χ3n) is 6.40. The number of hydrogen-bond acceptors (Lipinski definition) is 7. The van der Waals surface area contributed by atoms with Crippen molar-refractivity contribution in [2.24, 2.45) is 0 Å². The Bertz CT molecular complexity index is 1120. The van der Waals surface area contributed by atoms with Crippen molar-refractivity contribution in [1.29, 1.82) is 0 Å². The predicted octanol–water partition coefficient (Wildman–Crippen LogP) is 1.91. The summed E-state index contributed by atoms with van der Waals surface area (Å²) < 4.78 is 34.1. The van der Waals surface area contributed by atoms with Gasteiger partial charge < -0.3 is 14.7 Å². The maximum atomic E-state index is 13.5. The van der Waals surface area contributed by atoms with Crippen molar-refractivity contribution < 1.29 is 18.3 Å². The summed E-state index contributed by atoms with van der Waals surface area (Å²) in [4.78, 5) is 15.5. The van der Waals surface area contributed by atoms with E-state index in [1.54, 1.807) is 44.3 Å². The van der Waals surface area contributed by atoms with E-state index in [9.17, 15) is 18.3 Å². The molecule has 0 unspecified atom stereocenters. The van der Waals surface area contributed by atoms with Gasteiger partial charge in [0, 0.05) is 26.2 Å². The fraction of sp³-hybridized carbons (Fsp3) is 0.565. The molecule has 33 heavy (non-hydrogen) atoms. The molecule has 1 aliphatic heterocycles. The van der Waals surface area contributed by atoms with E-state index in [1.807, 2.05) is 4.90 Å². The van der Waals surface area contributed by atoms with Gasteiger partial charge in [0.1, 0.15) is 5.69 Å². The molecule has 1 N–H and O–H groups in total. The topological polar surface area (TPSA) is 105 Å². The molecule has 0 atom stereocenters. The fourth-order valence-corrected chi connectivity index (χ4v) is 5.61. The van der Waals surface area contributed by atoms with Crippen LogP contribution in [-0.2, 0) is 16.6 Å². The van der Waals surface area contributed by atoms with E-state index in [1.165, 1.54) is 8.99 Å². The zero-order chi connectivity index (χ0) is 23.6. The summed E-state index contributed by atoms with van der Waals surface area (Å²) >= 11 is 0. The molecule has 1 aliphatic carbocycles. The van der Waals surface area contributed by atoms with Gasteiger partial charge in [0.2, 0.25) is 15.8 Å². The molecule has 4 rings (SSSR count). The number of hydrogen-bond donors (Lipinski definition) is 1. The molecule has 1 saturated heterocycles. The second kappa shape index (κ2) is 9.82. The van der Waals surface area contributed by atoms with Crippen LogP contribution in [0.5, 0.6) is 5.75 Å². The van der Waals surface area contributed by atoms with Crippen LogP contribution in [0.15, 0.2) is 35.3 Å². The highest BCUT2D eigenvalue weighted by Gasteiger charge is 2.31. The first-order chi connectivity index (χ1) is 15.8. The Morgan fingerprint density at radius 3 is 2.30 bits per heavy atom. The van der Waals surface area contributed by atoms with Crippen molar-refractivity contribution in [2.45, 2.75) is 57.5 Å². The first-order valence-corrected chi connectivity index (χ1v) is 13.0. The summed E-state index contributed by atoms with van der Waals surface area (Å²) in [5.74, 6) is 0.267. The van der Waals surface area contributed by atoms with E-state index in [0.29, 0.717) is 37.6 Å². The molecular weight excluding hydrogens is 444 g/mol. The number of aliphatic hydroxyl groups excluding tert-OH is 1. The number of piperazine rings is 1. The number of ether oxygens (including phenoxy) is 1. The largest absolute Gasteiger partial charge is 0.483 e. The van der Waals surface area contributed by atoms with Crippen molar-refractivity contribution >= 4 is 15.7 Å². The Morgan fingerprint density at radius 2 is 1.73 bits per heavy atom. The van der Waals surface area contributed by atoms with Crippen LogP contribution >= 0.6 is 0 Å². The monoisotopic (exact) mass is 476 g/mol. The van der Waals surface area contributed by atoms with Crippen molar-refractivity contribution in [3.8, 4) is 11.4 Å². The van der Waals surface area contributed by atoms with Crippen LogP contribution in [0, 0.1) is 0 Å². The maximum absolute atomic E-state index is 13.5. The van der Waals surface area contributed by atoms with Crippen molar-refractivity contribution in [3.05, 3.63) is 46.4 Å². The second-order valence-corrected chi connectivity index (χ2v) is 11.4. The number of aromatic nitrogens is 2. The molecule has 0 amide bonds. The van der Waals surface area contributed by atoms with Crippen molar-refractivity contribution in [1.82, 2.24) is 14.1 Å². The molecular formula is C23H32N4O5S. The minimum Gasteiger partial charge on any atom is -0.483 e. The van der Waals surface area contributed by atoms with Gasteiger partial charge in [-0.2, -0.15) is 14.1 Å². The lowest BCUT2D eigenvalue weighted by molar-refractivity contribution is 0.205. The summed E-state index contributed by atoms with van der Waals surface area (Å²) in [6, 6.07) is 7.00. The molecule has 0 spiro atoms. The van der Waals surface area contributed by atoms with Gasteiger partial charge in [-0.1, -0.05) is 12.1 Å². The van der Waals surface area contributed by atoms with Gasteiger partial charge in [0.15, 0.2) is 0 Å². The number of aliphatic hydroxyl groups is 1.